The maximum atomic E-state index is 14.3. The molecule has 1 saturated heterocycles. The van der Waals surface area contributed by atoms with Crippen molar-refractivity contribution in [3.05, 3.63) is 83.7 Å². The lowest BCUT2D eigenvalue weighted by molar-refractivity contribution is 0.101. The summed E-state index contributed by atoms with van der Waals surface area (Å²) in [6, 6.07) is 12.3. The molecule has 0 radical (unpaired) electrons. The van der Waals surface area contributed by atoms with E-state index in [4.69, 9.17) is 9.84 Å². The van der Waals surface area contributed by atoms with Gasteiger partial charge in [0, 0.05) is 37.5 Å². The molecule has 216 valence electrons. The number of methoxy groups -OCH3 is 1. The molecule has 4 aromatic rings. The van der Waals surface area contributed by atoms with E-state index in [1.54, 1.807) is 28.7 Å². The number of benzene rings is 2. The highest BCUT2D eigenvalue weighted by Gasteiger charge is 2.43. The smallest absolute Gasteiger partial charge is 0.320 e. The Morgan fingerprint density at radius 1 is 1.15 bits per heavy atom. The number of rotatable bonds is 8. The van der Waals surface area contributed by atoms with Crippen molar-refractivity contribution in [3.63, 3.8) is 0 Å². The van der Waals surface area contributed by atoms with Crippen LogP contribution >= 0.6 is 0 Å². The minimum absolute atomic E-state index is 0.0483. The summed E-state index contributed by atoms with van der Waals surface area (Å²) in [5, 5.41) is 15.2. The standard InChI is InChI=1S/C30H35F2N7O2/c1-18(17-41-5)26-14-25(28(38(26)4)20-11-12-23(31)24(32)13-20)34-30(40)35-29-19(2)27(21-15-33-37(3)16-21)36-39(29)22-9-7-6-8-10-22/h6-13,15-16,18,25-26,28H,14,17H2,1-5H3,(H2,34,35,40)/t18?,25-,26+,28+/m1/s1. The molecule has 0 spiro atoms. The van der Waals surface area contributed by atoms with Gasteiger partial charge < -0.3 is 10.1 Å². The van der Waals surface area contributed by atoms with E-state index in [0.29, 0.717) is 30.1 Å². The Bertz CT molecular complexity index is 1520. The number of likely N-dealkylation sites (tertiary alicyclic amines) is 1. The third-order valence-corrected chi connectivity index (χ3v) is 7.86. The van der Waals surface area contributed by atoms with Crippen LogP contribution in [-0.4, -0.2) is 63.3 Å². The molecular formula is C30H35F2N7O2. The van der Waals surface area contributed by atoms with Gasteiger partial charge in [0.15, 0.2) is 11.6 Å². The fourth-order valence-corrected chi connectivity index (χ4v) is 5.88. The van der Waals surface area contributed by atoms with E-state index in [-0.39, 0.29) is 24.0 Å². The molecule has 1 aliphatic rings. The molecule has 1 aliphatic heterocycles. The molecule has 0 saturated carbocycles. The molecule has 0 aliphatic carbocycles. The van der Waals surface area contributed by atoms with Crippen LogP contribution in [0.5, 0.6) is 0 Å². The Morgan fingerprint density at radius 3 is 2.56 bits per heavy atom. The number of nitrogens with one attached hydrogen (secondary N) is 2. The van der Waals surface area contributed by atoms with Crippen molar-refractivity contribution in [2.24, 2.45) is 13.0 Å². The zero-order valence-corrected chi connectivity index (χ0v) is 23.8. The summed E-state index contributed by atoms with van der Waals surface area (Å²) in [6.45, 7) is 4.52. The second-order valence-electron chi connectivity index (χ2n) is 10.7. The zero-order valence-electron chi connectivity index (χ0n) is 23.8. The number of amides is 2. The third kappa shape index (κ3) is 5.73. The van der Waals surface area contributed by atoms with Crippen LogP contribution in [0.25, 0.3) is 16.9 Å². The highest BCUT2D eigenvalue weighted by atomic mass is 19.2. The fraction of sp³-hybridized carbons (Fsp3) is 0.367. The minimum Gasteiger partial charge on any atom is -0.384 e. The molecule has 1 unspecified atom stereocenters. The van der Waals surface area contributed by atoms with Gasteiger partial charge in [-0.25, -0.2) is 18.3 Å². The van der Waals surface area contributed by atoms with Gasteiger partial charge in [-0.3, -0.25) is 14.9 Å². The highest BCUT2D eigenvalue weighted by molar-refractivity contribution is 5.91. The predicted molar refractivity (Wildman–Crippen MR) is 153 cm³/mol. The molecule has 5 rings (SSSR count). The molecule has 2 aromatic carbocycles. The molecule has 11 heteroatoms. The van der Waals surface area contributed by atoms with Gasteiger partial charge in [0.1, 0.15) is 11.5 Å². The van der Waals surface area contributed by atoms with Gasteiger partial charge in [-0.05, 0) is 56.1 Å². The number of carbonyl (C=O) groups excluding carboxylic acids is 1. The SMILES string of the molecule is COCC(C)[C@@H]1C[C@@H](NC(=O)Nc2c(C)c(-c3cnn(C)c3)nn2-c2ccccc2)[C@H](c2ccc(F)c(F)c2)N1C. The normalized spacial score (nSPS) is 19.8. The second kappa shape index (κ2) is 11.8. The lowest BCUT2D eigenvalue weighted by Gasteiger charge is -2.30. The summed E-state index contributed by atoms with van der Waals surface area (Å²) in [6.07, 6.45) is 4.21. The molecule has 1 fully saturated rings. The number of ether oxygens (including phenoxy) is 1. The lowest BCUT2D eigenvalue weighted by Crippen LogP contribution is -2.41. The summed E-state index contributed by atoms with van der Waals surface area (Å²) in [4.78, 5) is 15.7. The summed E-state index contributed by atoms with van der Waals surface area (Å²) >= 11 is 0. The number of aromatic nitrogens is 4. The second-order valence-corrected chi connectivity index (χ2v) is 10.7. The minimum atomic E-state index is -0.919. The van der Waals surface area contributed by atoms with E-state index >= 15 is 0 Å². The van der Waals surface area contributed by atoms with Gasteiger partial charge in [-0.2, -0.15) is 10.2 Å². The van der Waals surface area contributed by atoms with Crippen molar-refractivity contribution in [1.29, 1.82) is 0 Å². The first-order valence-corrected chi connectivity index (χ1v) is 13.5. The third-order valence-electron chi connectivity index (χ3n) is 7.86. The van der Waals surface area contributed by atoms with Crippen LogP contribution in [0.3, 0.4) is 0 Å². The Labute approximate surface area is 238 Å². The number of anilines is 1. The highest BCUT2D eigenvalue weighted by Crippen LogP contribution is 2.39. The van der Waals surface area contributed by atoms with Gasteiger partial charge in [-0.15, -0.1) is 0 Å². The molecule has 9 nitrogen and oxygen atoms in total. The number of likely N-dealkylation sites (N-methyl/N-ethyl adjacent to an activating group) is 1. The molecule has 4 atom stereocenters. The Hall–Kier alpha value is -4.09. The first-order chi connectivity index (χ1) is 19.7. The predicted octanol–water partition coefficient (Wildman–Crippen LogP) is 5.08. The van der Waals surface area contributed by atoms with Crippen LogP contribution in [0.2, 0.25) is 0 Å². The number of aryl methyl sites for hydroxylation is 1. The van der Waals surface area contributed by atoms with Crippen LogP contribution in [0.1, 0.15) is 30.5 Å². The average Bonchev–Trinajstić information content (AvgIpc) is 3.62. The van der Waals surface area contributed by atoms with Crippen LogP contribution in [0.4, 0.5) is 19.4 Å². The van der Waals surface area contributed by atoms with E-state index in [1.165, 1.54) is 6.07 Å². The quantitative estimate of drug-likeness (QED) is 0.312. The van der Waals surface area contributed by atoms with Crippen molar-refractivity contribution in [2.45, 2.75) is 38.4 Å². The van der Waals surface area contributed by atoms with E-state index in [2.05, 4.69) is 27.6 Å². The van der Waals surface area contributed by atoms with Crippen LogP contribution < -0.4 is 10.6 Å². The zero-order chi connectivity index (χ0) is 29.3. The summed E-state index contributed by atoms with van der Waals surface area (Å²) < 4.78 is 36.9. The van der Waals surface area contributed by atoms with Crippen molar-refractivity contribution in [1.82, 2.24) is 29.8 Å². The summed E-state index contributed by atoms with van der Waals surface area (Å²) in [5.41, 5.74) is 3.69. The number of carbonyl (C=O) groups is 1. The largest absolute Gasteiger partial charge is 0.384 e. The van der Waals surface area contributed by atoms with Crippen molar-refractivity contribution in [2.75, 3.05) is 26.1 Å². The Kier molecular flexibility index (Phi) is 8.18. The van der Waals surface area contributed by atoms with Crippen LogP contribution in [0.15, 0.2) is 60.9 Å². The van der Waals surface area contributed by atoms with Gasteiger partial charge in [0.05, 0.1) is 30.6 Å². The number of urea groups is 1. The molecule has 3 heterocycles. The fourth-order valence-electron chi connectivity index (χ4n) is 5.88. The van der Waals surface area contributed by atoms with E-state index in [1.807, 2.05) is 57.5 Å². The number of nitrogens with zero attached hydrogens (tertiary/aromatic N) is 5. The number of para-hydroxylation sites is 1. The van der Waals surface area contributed by atoms with Crippen LogP contribution in [0, 0.1) is 24.5 Å². The maximum Gasteiger partial charge on any atom is 0.320 e. The van der Waals surface area contributed by atoms with Crippen molar-refractivity contribution < 1.29 is 18.3 Å². The van der Waals surface area contributed by atoms with Gasteiger partial charge in [0.25, 0.3) is 0 Å². The van der Waals surface area contributed by atoms with E-state index in [0.717, 1.165) is 22.9 Å². The maximum absolute atomic E-state index is 14.3. The molecule has 41 heavy (non-hydrogen) atoms. The lowest BCUT2D eigenvalue weighted by atomic mass is 9.97. The van der Waals surface area contributed by atoms with Gasteiger partial charge in [0.2, 0.25) is 0 Å². The van der Waals surface area contributed by atoms with E-state index < -0.39 is 17.7 Å². The number of hydrogen-bond donors (Lipinski definition) is 2. The number of hydrogen-bond acceptors (Lipinski definition) is 5. The summed E-state index contributed by atoms with van der Waals surface area (Å²) in [5.74, 6) is -1.16. The molecular weight excluding hydrogens is 528 g/mol. The van der Waals surface area contributed by atoms with Crippen LogP contribution in [-0.2, 0) is 11.8 Å². The molecule has 2 amide bonds. The first kappa shape index (κ1) is 28.4. The average molecular weight is 564 g/mol. The monoisotopic (exact) mass is 563 g/mol. The first-order valence-electron chi connectivity index (χ1n) is 13.5. The number of halogens is 2. The Morgan fingerprint density at radius 2 is 1.90 bits per heavy atom. The molecule has 2 N–H and O–H groups in total. The van der Waals surface area contributed by atoms with E-state index in [9.17, 15) is 13.6 Å². The molecule has 2 aromatic heterocycles. The van der Waals surface area contributed by atoms with Gasteiger partial charge in [-0.1, -0.05) is 31.2 Å². The van der Waals surface area contributed by atoms with Crippen molar-refractivity contribution >= 4 is 11.8 Å². The Balaban J connectivity index is 1.46. The summed E-state index contributed by atoms with van der Waals surface area (Å²) in [7, 11) is 5.43. The van der Waals surface area contributed by atoms with Gasteiger partial charge >= 0.3 is 6.03 Å². The molecule has 0 bridgehead atoms. The van der Waals surface area contributed by atoms with Crippen molar-refractivity contribution in [3.8, 4) is 16.9 Å². The topological polar surface area (TPSA) is 89.2 Å².